The van der Waals surface area contributed by atoms with Gasteiger partial charge in [-0.15, -0.1) is 0 Å². The highest BCUT2D eigenvalue weighted by molar-refractivity contribution is 8.26. The molecule has 7 heteroatoms. The molecule has 0 bridgehead atoms. The second-order valence-electron chi connectivity index (χ2n) is 9.65. The smallest absolute Gasteiger partial charge is 0.266 e. The maximum atomic E-state index is 13.5. The van der Waals surface area contributed by atoms with Crippen LogP contribution in [0.3, 0.4) is 0 Å². The molecular formula is C31H37N3O2S2. The quantitative estimate of drug-likeness (QED) is 0.123. The van der Waals surface area contributed by atoms with Gasteiger partial charge in [0.15, 0.2) is 0 Å². The summed E-state index contributed by atoms with van der Waals surface area (Å²) in [5.41, 5.74) is 3.58. The lowest BCUT2D eigenvalue weighted by Crippen LogP contribution is -2.33. The zero-order valence-electron chi connectivity index (χ0n) is 22.6. The van der Waals surface area contributed by atoms with Gasteiger partial charge in [0.25, 0.3) is 5.91 Å². The van der Waals surface area contributed by atoms with Gasteiger partial charge in [0.2, 0.25) is 0 Å². The number of ether oxygens (including phenoxy) is 1. The molecule has 1 aliphatic heterocycles. The van der Waals surface area contributed by atoms with Gasteiger partial charge in [-0.05, 0) is 49.1 Å². The van der Waals surface area contributed by atoms with E-state index >= 15 is 0 Å². The van der Waals surface area contributed by atoms with Gasteiger partial charge in [0, 0.05) is 23.9 Å². The summed E-state index contributed by atoms with van der Waals surface area (Å²) in [5.74, 6) is 1.27. The largest absolute Gasteiger partial charge is 0.494 e. The summed E-state index contributed by atoms with van der Waals surface area (Å²) < 4.78 is 8.47. The number of nitrogens with zero attached hydrogens (tertiary/aromatic N) is 3. The first-order valence-corrected chi connectivity index (χ1v) is 14.9. The third kappa shape index (κ3) is 6.94. The number of hydrogen-bond acceptors (Lipinski definition) is 5. The number of carbonyl (C=O) groups is 1. The highest BCUT2D eigenvalue weighted by Gasteiger charge is 2.33. The van der Waals surface area contributed by atoms with Crippen molar-refractivity contribution in [3.8, 4) is 22.7 Å². The predicted octanol–water partition coefficient (Wildman–Crippen LogP) is 8.14. The molecule has 0 aliphatic carbocycles. The monoisotopic (exact) mass is 547 g/mol. The van der Waals surface area contributed by atoms with Crippen molar-refractivity contribution in [2.24, 2.45) is 5.92 Å². The van der Waals surface area contributed by atoms with Crippen molar-refractivity contribution in [1.29, 1.82) is 0 Å². The van der Waals surface area contributed by atoms with Crippen molar-refractivity contribution in [3.05, 3.63) is 71.3 Å². The Labute approximate surface area is 236 Å². The molecule has 1 saturated heterocycles. The van der Waals surface area contributed by atoms with Crippen LogP contribution in [-0.4, -0.2) is 38.1 Å². The number of thioether (sulfide) groups is 1. The number of amides is 1. The molecule has 0 spiro atoms. The molecule has 1 amide bonds. The Morgan fingerprint density at radius 2 is 1.84 bits per heavy atom. The zero-order valence-corrected chi connectivity index (χ0v) is 24.2. The number of rotatable bonds is 13. The van der Waals surface area contributed by atoms with Crippen LogP contribution in [0.5, 0.6) is 5.75 Å². The molecule has 2 heterocycles. The summed E-state index contributed by atoms with van der Waals surface area (Å²) in [6.45, 7) is 7.92. The number of carbonyl (C=O) groups excluding carboxylic acids is 1. The maximum absolute atomic E-state index is 13.5. The molecule has 1 aromatic heterocycles. The minimum atomic E-state index is -0.00925. The highest BCUT2D eigenvalue weighted by Crippen LogP contribution is 2.36. The molecule has 3 aromatic rings. The van der Waals surface area contributed by atoms with Crippen LogP contribution in [0.25, 0.3) is 23.0 Å². The first-order valence-electron chi connectivity index (χ1n) is 13.7. The molecule has 5 nitrogen and oxygen atoms in total. The minimum Gasteiger partial charge on any atom is -0.494 e. The molecule has 1 atom stereocenters. The summed E-state index contributed by atoms with van der Waals surface area (Å²) in [5, 5.41) is 4.94. The number of aromatic nitrogens is 2. The number of benzene rings is 2. The van der Waals surface area contributed by atoms with E-state index in [1.807, 2.05) is 71.6 Å². The van der Waals surface area contributed by atoms with E-state index in [1.165, 1.54) is 18.2 Å². The maximum Gasteiger partial charge on any atom is 0.266 e. The number of unbranched alkanes of at least 4 members (excludes halogenated alkanes) is 2. The Morgan fingerprint density at radius 1 is 1.05 bits per heavy atom. The van der Waals surface area contributed by atoms with Gasteiger partial charge in [-0.2, -0.15) is 5.10 Å². The Morgan fingerprint density at radius 3 is 2.58 bits per heavy atom. The molecule has 1 aliphatic rings. The van der Waals surface area contributed by atoms with E-state index in [0.717, 1.165) is 60.4 Å². The number of hydrogen-bond donors (Lipinski definition) is 0. The van der Waals surface area contributed by atoms with Crippen molar-refractivity contribution < 1.29 is 9.53 Å². The van der Waals surface area contributed by atoms with Gasteiger partial charge in [-0.1, -0.05) is 101 Å². The molecular weight excluding hydrogens is 510 g/mol. The molecule has 2 aromatic carbocycles. The summed E-state index contributed by atoms with van der Waals surface area (Å²) >= 11 is 7.04. The zero-order chi connectivity index (χ0) is 26.9. The van der Waals surface area contributed by atoms with Crippen LogP contribution in [0.15, 0.2) is 65.7 Å². The fourth-order valence-corrected chi connectivity index (χ4v) is 5.74. The van der Waals surface area contributed by atoms with Crippen molar-refractivity contribution in [2.75, 3.05) is 13.2 Å². The fourth-order valence-electron chi connectivity index (χ4n) is 4.47. The van der Waals surface area contributed by atoms with Gasteiger partial charge < -0.3 is 4.74 Å². The lowest BCUT2D eigenvalue weighted by molar-refractivity contribution is -0.122. The van der Waals surface area contributed by atoms with E-state index < -0.39 is 0 Å². The Bertz CT molecular complexity index is 1270. The van der Waals surface area contributed by atoms with E-state index in [2.05, 4.69) is 20.8 Å². The van der Waals surface area contributed by atoms with Gasteiger partial charge >= 0.3 is 0 Å². The van der Waals surface area contributed by atoms with Crippen LogP contribution in [0.2, 0.25) is 0 Å². The third-order valence-electron chi connectivity index (χ3n) is 6.78. The van der Waals surface area contributed by atoms with E-state index in [1.54, 1.807) is 4.90 Å². The molecule has 1 fully saturated rings. The average molecular weight is 548 g/mol. The molecule has 0 radical (unpaired) electrons. The van der Waals surface area contributed by atoms with E-state index in [-0.39, 0.29) is 5.91 Å². The molecule has 0 N–H and O–H groups in total. The van der Waals surface area contributed by atoms with Crippen LogP contribution in [0.4, 0.5) is 0 Å². The van der Waals surface area contributed by atoms with Crippen LogP contribution in [-0.2, 0) is 4.79 Å². The van der Waals surface area contributed by atoms with Crippen molar-refractivity contribution >= 4 is 40.3 Å². The first-order chi connectivity index (χ1) is 18.5. The molecule has 38 heavy (non-hydrogen) atoms. The van der Waals surface area contributed by atoms with Crippen molar-refractivity contribution in [1.82, 2.24) is 14.7 Å². The van der Waals surface area contributed by atoms with Crippen LogP contribution in [0, 0.1) is 5.92 Å². The fraction of sp³-hybridized carbons (Fsp3) is 0.387. The van der Waals surface area contributed by atoms with E-state index in [4.69, 9.17) is 22.1 Å². The van der Waals surface area contributed by atoms with Crippen molar-refractivity contribution in [3.63, 3.8) is 0 Å². The van der Waals surface area contributed by atoms with Crippen LogP contribution in [0.1, 0.15) is 64.9 Å². The Kier molecular flexibility index (Phi) is 10.2. The van der Waals surface area contributed by atoms with E-state index in [0.29, 0.717) is 28.3 Å². The van der Waals surface area contributed by atoms with Crippen molar-refractivity contribution in [2.45, 2.75) is 59.3 Å². The second-order valence-corrected chi connectivity index (χ2v) is 11.3. The molecule has 0 saturated carbocycles. The van der Waals surface area contributed by atoms with Gasteiger partial charge in [-0.25, -0.2) is 4.68 Å². The Balaban J connectivity index is 1.67. The molecule has 1 unspecified atom stereocenters. The highest BCUT2D eigenvalue weighted by atomic mass is 32.2. The van der Waals surface area contributed by atoms with Gasteiger partial charge in [0.05, 0.1) is 17.2 Å². The second kappa shape index (κ2) is 13.8. The third-order valence-corrected chi connectivity index (χ3v) is 8.16. The van der Waals surface area contributed by atoms with Gasteiger partial charge in [0.1, 0.15) is 15.8 Å². The minimum absolute atomic E-state index is 0.00925. The first kappa shape index (κ1) is 28.1. The Hall–Kier alpha value is -2.90. The lowest BCUT2D eigenvalue weighted by atomic mass is 9.99. The van der Waals surface area contributed by atoms with E-state index in [9.17, 15) is 4.79 Å². The summed E-state index contributed by atoms with van der Waals surface area (Å²) in [7, 11) is 0. The normalized spacial score (nSPS) is 15.4. The lowest BCUT2D eigenvalue weighted by Gasteiger charge is -2.21. The molecule has 4 rings (SSSR count). The number of para-hydroxylation sites is 1. The summed E-state index contributed by atoms with van der Waals surface area (Å²) in [6, 6.07) is 18.0. The molecule has 200 valence electrons. The van der Waals surface area contributed by atoms with Gasteiger partial charge in [-0.3, -0.25) is 9.69 Å². The SMILES string of the molecule is CCCCOc1cccc(-c2nn(-c3ccccc3)cc2C=C2SC(=S)N(CC(CC)CCCC)C2=O)c1. The average Bonchev–Trinajstić information content (AvgIpc) is 3.48. The topological polar surface area (TPSA) is 47.4 Å². The van der Waals surface area contributed by atoms with Crippen LogP contribution < -0.4 is 4.74 Å². The summed E-state index contributed by atoms with van der Waals surface area (Å²) in [4.78, 5) is 15.9. The standard InChI is InChI=1S/C31H37N3O2S2/c1-4-7-13-23(6-3)21-33-30(35)28(38-31(33)37)20-25-22-34(26-15-10-9-11-16-26)32-29(25)24-14-12-17-27(19-24)36-18-8-5-2/h9-12,14-17,19-20,22-23H,4-8,13,18,21H2,1-3H3. The summed E-state index contributed by atoms with van der Waals surface area (Å²) in [6.07, 6.45) is 10.5. The predicted molar refractivity (Wildman–Crippen MR) is 163 cm³/mol. The van der Waals surface area contributed by atoms with Crippen LogP contribution >= 0.6 is 24.0 Å². The number of thiocarbonyl (C=S) groups is 1.